The fraction of sp³-hybridized carbons (Fsp3) is 0.471. The maximum atomic E-state index is 11.0. The van der Waals surface area contributed by atoms with Gasteiger partial charge in [-0.3, -0.25) is 9.69 Å². The minimum absolute atomic E-state index is 0.0509. The predicted octanol–water partition coefficient (Wildman–Crippen LogP) is 2.78. The molecule has 0 bridgehead atoms. The van der Waals surface area contributed by atoms with E-state index in [0.29, 0.717) is 6.42 Å². The summed E-state index contributed by atoms with van der Waals surface area (Å²) in [5.74, 6) is -0.657. The number of hydrogen-bond donors (Lipinski definition) is 2. The average Bonchev–Trinajstić information content (AvgIpc) is 3.08. The van der Waals surface area contributed by atoms with Gasteiger partial charge in [-0.05, 0) is 36.3 Å². The van der Waals surface area contributed by atoms with Crippen molar-refractivity contribution in [2.45, 2.75) is 32.2 Å². The third kappa shape index (κ3) is 2.33. The topological polar surface area (TPSA) is 56.3 Å². The number of nitrogens with zero attached hydrogens (tertiary/aromatic N) is 1. The maximum Gasteiger partial charge on any atom is 0.303 e. The van der Waals surface area contributed by atoms with Crippen LogP contribution < -0.4 is 0 Å². The van der Waals surface area contributed by atoms with Gasteiger partial charge in [-0.2, -0.15) is 0 Å². The smallest absolute Gasteiger partial charge is 0.303 e. The molecule has 1 fully saturated rings. The van der Waals surface area contributed by atoms with Crippen molar-refractivity contribution in [1.29, 1.82) is 0 Å². The lowest BCUT2D eigenvalue weighted by Gasteiger charge is -2.30. The molecule has 1 aliphatic heterocycles. The Hall–Kier alpha value is -1.81. The van der Waals surface area contributed by atoms with E-state index in [1.54, 1.807) is 0 Å². The normalized spacial score (nSPS) is 20.4. The number of para-hydroxylation sites is 1. The fourth-order valence-corrected chi connectivity index (χ4v) is 3.75. The van der Waals surface area contributed by atoms with E-state index >= 15 is 0 Å². The number of nitrogens with one attached hydrogen (secondary N) is 1. The minimum Gasteiger partial charge on any atom is -0.481 e. The van der Waals surface area contributed by atoms with Gasteiger partial charge in [0.2, 0.25) is 0 Å². The van der Waals surface area contributed by atoms with E-state index in [2.05, 4.69) is 34.1 Å². The zero-order chi connectivity index (χ0) is 14.4. The Morgan fingerprint density at radius 2 is 2.14 bits per heavy atom. The Bertz CT molecular complexity index is 700. The summed E-state index contributed by atoms with van der Waals surface area (Å²) in [5.41, 5.74) is 4.03. The van der Waals surface area contributed by atoms with Crippen LogP contribution in [-0.4, -0.2) is 34.0 Å². The predicted molar refractivity (Wildman–Crippen MR) is 81.2 cm³/mol. The number of carbonyl (C=O) groups is 1. The Morgan fingerprint density at radius 3 is 2.90 bits per heavy atom. The molecule has 4 nitrogen and oxygen atoms in total. The molecule has 4 heteroatoms. The van der Waals surface area contributed by atoms with E-state index < -0.39 is 5.97 Å². The highest BCUT2D eigenvalue weighted by atomic mass is 16.4. The molecule has 0 saturated heterocycles. The Morgan fingerprint density at radius 1 is 1.33 bits per heavy atom. The number of rotatable bonds is 4. The van der Waals surface area contributed by atoms with Crippen LogP contribution in [0.15, 0.2) is 24.3 Å². The molecule has 1 aromatic carbocycles. The van der Waals surface area contributed by atoms with Crippen molar-refractivity contribution >= 4 is 16.9 Å². The van der Waals surface area contributed by atoms with Crippen LogP contribution in [0.3, 0.4) is 0 Å². The summed E-state index contributed by atoms with van der Waals surface area (Å²) in [5, 5.41) is 10.4. The first kappa shape index (κ1) is 12.9. The van der Waals surface area contributed by atoms with Crippen LogP contribution in [0.25, 0.3) is 10.9 Å². The number of carboxylic acid groups (broad SMARTS) is 1. The summed E-state index contributed by atoms with van der Waals surface area (Å²) in [6, 6.07) is 8.47. The van der Waals surface area contributed by atoms with Crippen molar-refractivity contribution in [3.63, 3.8) is 0 Å². The molecule has 1 aliphatic carbocycles. The number of aromatic amines is 1. The highest BCUT2D eigenvalue weighted by molar-refractivity contribution is 5.84. The quantitative estimate of drug-likeness (QED) is 0.907. The molecular formula is C17H20N2O2. The molecule has 1 saturated carbocycles. The van der Waals surface area contributed by atoms with E-state index in [4.69, 9.17) is 5.11 Å². The molecule has 0 unspecified atom stereocenters. The molecule has 2 aliphatic rings. The molecule has 1 aromatic heterocycles. The van der Waals surface area contributed by atoms with E-state index in [1.165, 1.54) is 22.2 Å². The SMILES string of the molecule is O=C(O)CC1(CN2CCc3c([nH]c4ccccc34)C2)CC1. The lowest BCUT2D eigenvalue weighted by atomic mass is 9.98. The first-order valence-corrected chi connectivity index (χ1v) is 7.68. The van der Waals surface area contributed by atoms with Crippen LogP contribution >= 0.6 is 0 Å². The Balaban J connectivity index is 1.53. The summed E-state index contributed by atoms with van der Waals surface area (Å²) in [4.78, 5) is 16.9. The van der Waals surface area contributed by atoms with Crippen molar-refractivity contribution < 1.29 is 9.90 Å². The highest BCUT2D eigenvalue weighted by Gasteiger charge is 2.45. The Kier molecular flexibility index (Phi) is 2.82. The van der Waals surface area contributed by atoms with Crippen molar-refractivity contribution in [3.05, 3.63) is 35.5 Å². The van der Waals surface area contributed by atoms with Gasteiger partial charge >= 0.3 is 5.97 Å². The standard InChI is InChI=1S/C17H20N2O2/c20-16(21)9-17(6-7-17)11-19-8-5-13-12-3-1-2-4-14(12)18-15(13)10-19/h1-4,18H,5-11H2,(H,20,21). The molecule has 0 spiro atoms. The van der Waals surface area contributed by atoms with Crippen LogP contribution in [0.4, 0.5) is 0 Å². The molecule has 21 heavy (non-hydrogen) atoms. The third-order valence-corrected chi connectivity index (χ3v) is 5.00. The molecule has 4 rings (SSSR count). The summed E-state index contributed by atoms with van der Waals surface area (Å²) in [6.07, 6.45) is 3.51. The second-order valence-electron chi connectivity index (χ2n) is 6.66. The first-order chi connectivity index (χ1) is 10.2. The second kappa shape index (κ2) is 4.60. The fourth-order valence-electron chi connectivity index (χ4n) is 3.75. The van der Waals surface area contributed by atoms with Crippen molar-refractivity contribution in [2.24, 2.45) is 5.41 Å². The van der Waals surface area contributed by atoms with Gasteiger partial charge in [0.05, 0.1) is 6.42 Å². The summed E-state index contributed by atoms with van der Waals surface area (Å²) in [7, 11) is 0. The molecule has 0 atom stereocenters. The zero-order valence-corrected chi connectivity index (χ0v) is 12.1. The van der Waals surface area contributed by atoms with Gasteiger partial charge in [-0.1, -0.05) is 18.2 Å². The zero-order valence-electron chi connectivity index (χ0n) is 12.1. The lowest BCUT2D eigenvalue weighted by molar-refractivity contribution is -0.138. The van der Waals surface area contributed by atoms with Crippen molar-refractivity contribution in [1.82, 2.24) is 9.88 Å². The lowest BCUT2D eigenvalue weighted by Crippen LogP contribution is -2.36. The number of aliphatic carboxylic acids is 1. The van der Waals surface area contributed by atoms with Crippen LogP contribution in [0.2, 0.25) is 0 Å². The monoisotopic (exact) mass is 284 g/mol. The molecule has 2 heterocycles. The molecule has 0 radical (unpaired) electrons. The number of hydrogen-bond acceptors (Lipinski definition) is 2. The summed E-state index contributed by atoms with van der Waals surface area (Å²) in [6.45, 7) is 2.88. The summed E-state index contributed by atoms with van der Waals surface area (Å²) >= 11 is 0. The van der Waals surface area contributed by atoms with Gasteiger partial charge in [-0.15, -0.1) is 0 Å². The second-order valence-corrected chi connectivity index (χ2v) is 6.66. The molecule has 0 amide bonds. The van der Waals surface area contributed by atoms with Crippen molar-refractivity contribution in [2.75, 3.05) is 13.1 Å². The van der Waals surface area contributed by atoms with Crippen LogP contribution in [-0.2, 0) is 17.8 Å². The summed E-state index contributed by atoms with van der Waals surface area (Å²) < 4.78 is 0. The van der Waals surface area contributed by atoms with E-state index in [1.807, 2.05) is 0 Å². The van der Waals surface area contributed by atoms with Gasteiger partial charge in [0.1, 0.15) is 0 Å². The largest absolute Gasteiger partial charge is 0.481 e. The van der Waals surface area contributed by atoms with E-state index in [-0.39, 0.29) is 5.41 Å². The van der Waals surface area contributed by atoms with Gasteiger partial charge < -0.3 is 10.1 Å². The molecule has 110 valence electrons. The number of H-pyrrole nitrogens is 1. The number of carboxylic acids is 1. The van der Waals surface area contributed by atoms with Gasteiger partial charge in [0, 0.05) is 36.2 Å². The van der Waals surface area contributed by atoms with Crippen LogP contribution in [0.5, 0.6) is 0 Å². The highest BCUT2D eigenvalue weighted by Crippen LogP contribution is 2.49. The number of fused-ring (bicyclic) bond motifs is 3. The van der Waals surface area contributed by atoms with E-state index in [0.717, 1.165) is 38.9 Å². The first-order valence-electron chi connectivity index (χ1n) is 7.68. The van der Waals surface area contributed by atoms with E-state index in [9.17, 15) is 4.79 Å². The number of aromatic nitrogens is 1. The number of benzene rings is 1. The average molecular weight is 284 g/mol. The third-order valence-electron chi connectivity index (χ3n) is 5.00. The van der Waals surface area contributed by atoms with Gasteiger partial charge in [-0.25, -0.2) is 0 Å². The van der Waals surface area contributed by atoms with Crippen molar-refractivity contribution in [3.8, 4) is 0 Å². The van der Waals surface area contributed by atoms with Gasteiger partial charge in [0.15, 0.2) is 0 Å². The minimum atomic E-state index is -0.657. The molecular weight excluding hydrogens is 264 g/mol. The molecule has 2 aromatic rings. The molecule has 2 N–H and O–H groups in total. The van der Waals surface area contributed by atoms with Crippen LogP contribution in [0, 0.1) is 5.41 Å². The Labute approximate surface area is 123 Å². The maximum absolute atomic E-state index is 11.0. The van der Waals surface area contributed by atoms with Crippen LogP contribution in [0.1, 0.15) is 30.5 Å². The van der Waals surface area contributed by atoms with Gasteiger partial charge in [0.25, 0.3) is 0 Å².